The van der Waals surface area contributed by atoms with Crippen LogP contribution < -0.4 is 16.0 Å². The lowest BCUT2D eigenvalue weighted by Crippen LogP contribution is -2.41. The summed E-state index contributed by atoms with van der Waals surface area (Å²) in [6.45, 7) is 12.8. The fourth-order valence-electron chi connectivity index (χ4n) is 2.27. The molecule has 3 N–H and O–H groups in total. The van der Waals surface area contributed by atoms with Gasteiger partial charge in [-0.15, -0.1) is 0 Å². The predicted molar refractivity (Wildman–Crippen MR) is 99.1 cm³/mol. The summed E-state index contributed by atoms with van der Waals surface area (Å²) < 4.78 is 0. The normalized spacial score (nSPS) is 12.6. The Morgan fingerprint density at radius 2 is 1.79 bits per heavy atom. The van der Waals surface area contributed by atoms with Crippen LogP contribution in [0.3, 0.4) is 0 Å². The molecule has 0 unspecified atom stereocenters. The Labute approximate surface area is 145 Å². The second-order valence-electron chi connectivity index (χ2n) is 7.43. The van der Waals surface area contributed by atoms with Crippen LogP contribution in [-0.2, 0) is 9.59 Å². The van der Waals surface area contributed by atoms with Gasteiger partial charge in [0.15, 0.2) is 0 Å². The minimum Gasteiger partial charge on any atom is -0.354 e. The second-order valence-corrected chi connectivity index (χ2v) is 7.43. The van der Waals surface area contributed by atoms with Gasteiger partial charge in [0.05, 0.1) is 0 Å². The highest BCUT2D eigenvalue weighted by Gasteiger charge is 2.20. The smallest absolute Gasteiger partial charge is 0.225 e. The highest BCUT2D eigenvalue weighted by Crippen LogP contribution is 2.16. The summed E-state index contributed by atoms with van der Waals surface area (Å²) >= 11 is 0. The van der Waals surface area contributed by atoms with Crippen molar-refractivity contribution in [1.82, 2.24) is 10.6 Å². The Bertz CT molecular complexity index is 576. The molecule has 1 aromatic rings. The molecule has 0 bridgehead atoms. The average molecular weight is 333 g/mol. The molecule has 24 heavy (non-hydrogen) atoms. The van der Waals surface area contributed by atoms with Gasteiger partial charge < -0.3 is 16.0 Å². The summed E-state index contributed by atoms with van der Waals surface area (Å²) in [5.41, 5.74) is 2.72. The summed E-state index contributed by atoms with van der Waals surface area (Å²) in [4.78, 5) is 23.9. The maximum absolute atomic E-state index is 12.1. The van der Waals surface area contributed by atoms with Gasteiger partial charge in [0.2, 0.25) is 11.8 Å². The predicted octanol–water partition coefficient (Wildman–Crippen LogP) is 2.77. The first-order valence-electron chi connectivity index (χ1n) is 8.48. The van der Waals surface area contributed by atoms with Crippen molar-refractivity contribution in [2.24, 2.45) is 5.41 Å². The van der Waals surface area contributed by atoms with Crippen molar-refractivity contribution in [3.8, 4) is 0 Å². The number of hydrogen-bond acceptors (Lipinski definition) is 3. The molecule has 0 radical (unpaired) electrons. The molecule has 0 aliphatic heterocycles. The number of anilines is 1. The molecule has 0 aromatic heterocycles. The van der Waals surface area contributed by atoms with Gasteiger partial charge in [-0.2, -0.15) is 0 Å². The van der Waals surface area contributed by atoms with E-state index in [1.54, 1.807) is 0 Å². The van der Waals surface area contributed by atoms with E-state index in [4.69, 9.17) is 0 Å². The first-order chi connectivity index (χ1) is 11.1. The summed E-state index contributed by atoms with van der Waals surface area (Å²) in [5, 5.41) is 9.08. The van der Waals surface area contributed by atoms with E-state index in [1.165, 1.54) is 5.56 Å². The van der Waals surface area contributed by atoms with Crippen molar-refractivity contribution in [2.45, 2.75) is 54.0 Å². The third-order valence-corrected chi connectivity index (χ3v) is 3.73. The third kappa shape index (κ3) is 7.13. The van der Waals surface area contributed by atoms with E-state index in [0.717, 1.165) is 11.3 Å². The maximum atomic E-state index is 12.1. The van der Waals surface area contributed by atoms with Crippen molar-refractivity contribution in [3.63, 3.8) is 0 Å². The van der Waals surface area contributed by atoms with E-state index < -0.39 is 0 Å². The Morgan fingerprint density at radius 3 is 2.38 bits per heavy atom. The molecule has 1 aromatic carbocycles. The summed E-state index contributed by atoms with van der Waals surface area (Å²) in [5.74, 6) is 0.0187. The molecular formula is C19H31N3O2. The Kier molecular flexibility index (Phi) is 7.42. The van der Waals surface area contributed by atoms with Gasteiger partial charge in [-0.05, 0) is 32.4 Å². The van der Waals surface area contributed by atoms with Crippen LogP contribution in [-0.4, -0.2) is 30.9 Å². The third-order valence-electron chi connectivity index (χ3n) is 3.73. The molecule has 134 valence electrons. The van der Waals surface area contributed by atoms with Crippen LogP contribution in [0.5, 0.6) is 0 Å². The van der Waals surface area contributed by atoms with Crippen molar-refractivity contribution in [1.29, 1.82) is 0 Å². The van der Waals surface area contributed by atoms with E-state index in [2.05, 4.69) is 22.0 Å². The van der Waals surface area contributed by atoms with Crippen LogP contribution >= 0.6 is 0 Å². The zero-order valence-electron chi connectivity index (χ0n) is 15.7. The first-order valence-corrected chi connectivity index (χ1v) is 8.48. The zero-order chi connectivity index (χ0) is 18.3. The van der Waals surface area contributed by atoms with Crippen molar-refractivity contribution in [3.05, 3.63) is 29.3 Å². The number of benzene rings is 1. The molecule has 0 aliphatic rings. The molecule has 0 fully saturated rings. The van der Waals surface area contributed by atoms with Crippen molar-refractivity contribution < 1.29 is 9.59 Å². The number of carbonyl (C=O) groups is 2. The topological polar surface area (TPSA) is 70.2 Å². The molecule has 0 aliphatic carbocycles. The monoisotopic (exact) mass is 333 g/mol. The lowest BCUT2D eigenvalue weighted by atomic mass is 9.96. The Morgan fingerprint density at radius 1 is 1.12 bits per heavy atom. The largest absolute Gasteiger partial charge is 0.354 e. The van der Waals surface area contributed by atoms with E-state index in [1.807, 2.05) is 53.7 Å². The van der Waals surface area contributed by atoms with E-state index >= 15 is 0 Å². The molecule has 1 atom stereocenters. The molecule has 5 heteroatoms. The lowest BCUT2D eigenvalue weighted by Gasteiger charge is -2.19. The van der Waals surface area contributed by atoms with E-state index in [9.17, 15) is 9.59 Å². The second kappa shape index (κ2) is 8.83. The van der Waals surface area contributed by atoms with E-state index in [-0.39, 0.29) is 23.3 Å². The maximum Gasteiger partial charge on any atom is 0.225 e. The van der Waals surface area contributed by atoms with Crippen LogP contribution in [0.15, 0.2) is 18.2 Å². The first kappa shape index (κ1) is 20.2. The molecule has 0 spiro atoms. The molecule has 2 amide bonds. The van der Waals surface area contributed by atoms with Crippen molar-refractivity contribution in [2.75, 3.05) is 18.4 Å². The molecule has 0 saturated carbocycles. The van der Waals surface area contributed by atoms with Crippen LogP contribution in [0.2, 0.25) is 0 Å². The number of aryl methyl sites for hydroxylation is 2. The van der Waals surface area contributed by atoms with Gasteiger partial charge in [-0.25, -0.2) is 0 Å². The van der Waals surface area contributed by atoms with Gasteiger partial charge in [0, 0.05) is 36.7 Å². The van der Waals surface area contributed by atoms with Gasteiger partial charge in [0.25, 0.3) is 0 Å². The Hall–Kier alpha value is -1.88. The fourth-order valence-corrected chi connectivity index (χ4v) is 2.27. The van der Waals surface area contributed by atoms with Crippen LogP contribution in [0.25, 0.3) is 0 Å². The molecule has 1 rings (SSSR count). The van der Waals surface area contributed by atoms with Gasteiger partial charge >= 0.3 is 0 Å². The fraction of sp³-hybridized carbons (Fsp3) is 0.579. The van der Waals surface area contributed by atoms with E-state index in [0.29, 0.717) is 19.5 Å². The van der Waals surface area contributed by atoms with Crippen LogP contribution in [0.4, 0.5) is 5.69 Å². The van der Waals surface area contributed by atoms with Gasteiger partial charge in [-0.3, -0.25) is 9.59 Å². The number of nitrogens with one attached hydrogen (secondary N) is 3. The number of rotatable bonds is 7. The van der Waals surface area contributed by atoms with Crippen LogP contribution in [0, 0.1) is 19.3 Å². The minimum absolute atomic E-state index is 0.0133. The molecular weight excluding hydrogens is 302 g/mol. The number of hydrogen-bond donors (Lipinski definition) is 3. The standard InChI is InChI=1S/C19H31N3O2/c1-13-7-8-16(14(2)11-13)22-17(23)12-15(3)20-9-10-21-18(24)19(4,5)6/h7-8,11,15,20H,9-10,12H2,1-6H3,(H,21,24)(H,22,23)/t15-/m1/s1. The van der Waals surface area contributed by atoms with Gasteiger partial charge in [0.1, 0.15) is 0 Å². The molecule has 0 heterocycles. The molecule has 0 saturated heterocycles. The summed E-state index contributed by atoms with van der Waals surface area (Å²) in [6, 6.07) is 6.02. The highest BCUT2D eigenvalue weighted by atomic mass is 16.2. The summed E-state index contributed by atoms with van der Waals surface area (Å²) in [7, 11) is 0. The van der Waals surface area contributed by atoms with Crippen LogP contribution in [0.1, 0.15) is 45.2 Å². The average Bonchev–Trinajstić information content (AvgIpc) is 2.45. The zero-order valence-corrected chi connectivity index (χ0v) is 15.7. The van der Waals surface area contributed by atoms with Crippen molar-refractivity contribution >= 4 is 17.5 Å². The summed E-state index contributed by atoms with van der Waals surface area (Å²) in [6.07, 6.45) is 0.389. The minimum atomic E-state index is -0.378. The molecule has 5 nitrogen and oxygen atoms in total. The number of amides is 2. The highest BCUT2D eigenvalue weighted by molar-refractivity contribution is 5.91. The lowest BCUT2D eigenvalue weighted by molar-refractivity contribution is -0.128. The number of carbonyl (C=O) groups excluding carboxylic acids is 2. The quantitative estimate of drug-likeness (QED) is 0.672. The SMILES string of the molecule is Cc1ccc(NC(=O)C[C@@H](C)NCCNC(=O)C(C)(C)C)c(C)c1. The Balaban J connectivity index is 2.30. The van der Waals surface area contributed by atoms with Gasteiger partial charge in [-0.1, -0.05) is 38.5 Å².